The molecular formula is C13H29NO2. The fraction of sp³-hybridized carbons (Fsp3) is 1.00. The molecule has 0 saturated heterocycles. The van der Waals surface area contributed by atoms with Crippen LogP contribution < -0.4 is 5.73 Å². The predicted octanol–water partition coefficient (Wildman–Crippen LogP) is 2.72. The zero-order valence-electron chi connectivity index (χ0n) is 11.8. The van der Waals surface area contributed by atoms with E-state index < -0.39 is 0 Å². The van der Waals surface area contributed by atoms with Crippen molar-refractivity contribution in [3.8, 4) is 0 Å². The lowest BCUT2D eigenvalue weighted by Crippen LogP contribution is -2.37. The summed E-state index contributed by atoms with van der Waals surface area (Å²) >= 11 is 0. The molecule has 0 amide bonds. The Morgan fingerprint density at radius 3 is 2.00 bits per heavy atom. The van der Waals surface area contributed by atoms with E-state index >= 15 is 0 Å². The molecule has 1 unspecified atom stereocenters. The predicted molar refractivity (Wildman–Crippen MR) is 68.6 cm³/mol. The molecule has 0 radical (unpaired) electrons. The van der Waals surface area contributed by atoms with Gasteiger partial charge in [-0.1, -0.05) is 6.92 Å². The molecule has 1 atom stereocenters. The molecule has 0 spiro atoms. The molecular weight excluding hydrogens is 202 g/mol. The Kier molecular flexibility index (Phi) is 6.53. The highest BCUT2D eigenvalue weighted by Crippen LogP contribution is 2.14. The van der Waals surface area contributed by atoms with E-state index in [0.717, 1.165) is 12.8 Å². The van der Waals surface area contributed by atoms with E-state index in [4.69, 9.17) is 15.2 Å². The van der Waals surface area contributed by atoms with Crippen LogP contribution in [0.3, 0.4) is 0 Å². The maximum atomic E-state index is 5.97. The molecule has 0 aliphatic heterocycles. The lowest BCUT2D eigenvalue weighted by Gasteiger charge is -2.26. The molecule has 0 rings (SSSR count). The molecule has 0 heterocycles. The average molecular weight is 231 g/mol. The molecule has 3 nitrogen and oxygen atoms in total. The number of nitrogens with two attached hydrogens (primary N) is 1. The largest absolute Gasteiger partial charge is 0.376 e. The Morgan fingerprint density at radius 2 is 1.62 bits per heavy atom. The summed E-state index contributed by atoms with van der Waals surface area (Å²) in [6.45, 7) is 13.6. The van der Waals surface area contributed by atoms with Gasteiger partial charge in [-0.05, 0) is 47.5 Å². The normalized spacial score (nSPS) is 15.2. The van der Waals surface area contributed by atoms with Gasteiger partial charge in [0.2, 0.25) is 0 Å². The summed E-state index contributed by atoms with van der Waals surface area (Å²) in [6, 6.07) is 0. The van der Waals surface area contributed by atoms with E-state index in [0.29, 0.717) is 13.2 Å². The Labute approximate surface area is 101 Å². The highest BCUT2D eigenvalue weighted by molar-refractivity contribution is 4.76. The van der Waals surface area contributed by atoms with Gasteiger partial charge in [0.15, 0.2) is 0 Å². The molecule has 0 bridgehead atoms. The minimum atomic E-state index is -0.161. The van der Waals surface area contributed by atoms with Crippen molar-refractivity contribution in [2.24, 2.45) is 5.73 Å². The van der Waals surface area contributed by atoms with Gasteiger partial charge in [-0.3, -0.25) is 0 Å². The van der Waals surface area contributed by atoms with Crippen LogP contribution in [-0.2, 0) is 9.47 Å². The third-order valence-electron chi connectivity index (χ3n) is 2.18. The molecule has 98 valence electrons. The maximum absolute atomic E-state index is 5.97. The summed E-state index contributed by atoms with van der Waals surface area (Å²) in [5.74, 6) is 0. The van der Waals surface area contributed by atoms with Crippen molar-refractivity contribution >= 4 is 0 Å². The van der Waals surface area contributed by atoms with E-state index in [1.807, 2.05) is 34.6 Å². The second-order valence-corrected chi connectivity index (χ2v) is 6.05. The Hall–Kier alpha value is -0.120. The second-order valence-electron chi connectivity index (χ2n) is 6.05. The first-order valence-corrected chi connectivity index (χ1v) is 6.18. The monoisotopic (exact) mass is 231 g/mol. The Morgan fingerprint density at radius 1 is 1.06 bits per heavy atom. The van der Waals surface area contributed by atoms with Crippen molar-refractivity contribution in [2.75, 3.05) is 13.2 Å². The number of ether oxygens (including phenoxy) is 2. The molecule has 2 N–H and O–H groups in total. The van der Waals surface area contributed by atoms with Gasteiger partial charge in [0, 0.05) is 5.54 Å². The van der Waals surface area contributed by atoms with Crippen molar-refractivity contribution in [1.29, 1.82) is 0 Å². The fourth-order valence-corrected chi connectivity index (χ4v) is 1.47. The summed E-state index contributed by atoms with van der Waals surface area (Å²) in [5, 5.41) is 0. The smallest absolute Gasteiger partial charge is 0.0707 e. The summed E-state index contributed by atoms with van der Waals surface area (Å²) in [5.41, 5.74) is 5.73. The van der Waals surface area contributed by atoms with E-state index in [1.54, 1.807) is 0 Å². The number of rotatable bonds is 7. The molecule has 0 aliphatic rings. The zero-order chi connectivity index (χ0) is 12.8. The van der Waals surface area contributed by atoms with Gasteiger partial charge in [0.1, 0.15) is 0 Å². The Bertz CT molecular complexity index is 179. The minimum absolute atomic E-state index is 0.0851. The van der Waals surface area contributed by atoms with Crippen LogP contribution in [0.15, 0.2) is 0 Å². The van der Waals surface area contributed by atoms with Crippen LogP contribution in [0.25, 0.3) is 0 Å². The molecule has 0 fully saturated rings. The zero-order valence-corrected chi connectivity index (χ0v) is 11.8. The number of hydrogen-bond acceptors (Lipinski definition) is 3. The topological polar surface area (TPSA) is 44.5 Å². The van der Waals surface area contributed by atoms with Crippen LogP contribution in [0.4, 0.5) is 0 Å². The van der Waals surface area contributed by atoms with Crippen LogP contribution in [0.2, 0.25) is 0 Å². The quantitative estimate of drug-likeness (QED) is 0.685. The van der Waals surface area contributed by atoms with Crippen LogP contribution >= 0.6 is 0 Å². The average Bonchev–Trinajstić information content (AvgIpc) is 2.06. The van der Waals surface area contributed by atoms with Gasteiger partial charge in [-0.25, -0.2) is 0 Å². The molecule has 0 saturated carbocycles. The summed E-state index contributed by atoms with van der Waals surface area (Å²) in [6.07, 6.45) is 2.12. The summed E-state index contributed by atoms with van der Waals surface area (Å²) in [4.78, 5) is 0. The number of hydrogen-bond donors (Lipinski definition) is 1. The lowest BCUT2D eigenvalue weighted by molar-refractivity contribution is -0.0562. The molecule has 0 aromatic heterocycles. The minimum Gasteiger partial charge on any atom is -0.376 e. The van der Waals surface area contributed by atoms with Crippen LogP contribution in [0.5, 0.6) is 0 Å². The summed E-state index contributed by atoms with van der Waals surface area (Å²) in [7, 11) is 0. The highest BCUT2D eigenvalue weighted by Gasteiger charge is 2.18. The maximum Gasteiger partial charge on any atom is 0.0707 e. The highest BCUT2D eigenvalue weighted by atomic mass is 16.5. The van der Waals surface area contributed by atoms with Crippen molar-refractivity contribution in [1.82, 2.24) is 0 Å². The van der Waals surface area contributed by atoms with Crippen LogP contribution in [-0.4, -0.2) is 30.5 Å². The van der Waals surface area contributed by atoms with Crippen molar-refractivity contribution in [3.63, 3.8) is 0 Å². The van der Waals surface area contributed by atoms with E-state index in [1.165, 1.54) is 0 Å². The van der Waals surface area contributed by atoms with Crippen molar-refractivity contribution in [2.45, 2.75) is 71.6 Å². The third kappa shape index (κ3) is 10.4. The second kappa shape index (κ2) is 6.58. The summed E-state index contributed by atoms with van der Waals surface area (Å²) < 4.78 is 11.4. The first-order valence-electron chi connectivity index (χ1n) is 6.18. The van der Waals surface area contributed by atoms with Gasteiger partial charge in [-0.2, -0.15) is 0 Å². The van der Waals surface area contributed by atoms with E-state index in [2.05, 4.69) is 6.92 Å². The van der Waals surface area contributed by atoms with Crippen molar-refractivity contribution in [3.05, 3.63) is 0 Å². The molecule has 0 aromatic carbocycles. The van der Waals surface area contributed by atoms with Crippen LogP contribution in [0, 0.1) is 0 Å². The first-order chi connectivity index (χ1) is 7.14. The molecule has 0 aromatic rings. The lowest BCUT2D eigenvalue weighted by atomic mass is 9.97. The van der Waals surface area contributed by atoms with E-state index in [9.17, 15) is 0 Å². The van der Waals surface area contributed by atoms with Gasteiger partial charge in [0.25, 0.3) is 0 Å². The van der Waals surface area contributed by atoms with Gasteiger partial charge >= 0.3 is 0 Å². The van der Waals surface area contributed by atoms with Gasteiger partial charge < -0.3 is 15.2 Å². The third-order valence-corrected chi connectivity index (χ3v) is 2.18. The first kappa shape index (κ1) is 15.9. The van der Waals surface area contributed by atoms with E-state index in [-0.39, 0.29) is 17.2 Å². The standard InChI is InChI=1S/C13H29NO2/c1-7-11(10-13(5,6)14)15-8-9-16-12(2,3)4/h11H,7-10,14H2,1-6H3. The fourth-order valence-electron chi connectivity index (χ4n) is 1.47. The molecule has 16 heavy (non-hydrogen) atoms. The molecule has 0 aliphatic carbocycles. The van der Waals surface area contributed by atoms with Gasteiger partial charge in [-0.15, -0.1) is 0 Å². The SMILES string of the molecule is CCC(CC(C)(C)N)OCCOC(C)(C)C. The van der Waals surface area contributed by atoms with Crippen molar-refractivity contribution < 1.29 is 9.47 Å². The Balaban J connectivity index is 3.72. The molecule has 3 heteroatoms. The van der Waals surface area contributed by atoms with Gasteiger partial charge in [0.05, 0.1) is 24.9 Å². The van der Waals surface area contributed by atoms with Crippen LogP contribution in [0.1, 0.15) is 54.4 Å².